The van der Waals surface area contributed by atoms with Crippen LogP contribution in [-0.2, 0) is 11.3 Å². The Morgan fingerprint density at radius 3 is 2.75 bits per heavy atom. The van der Waals surface area contributed by atoms with Crippen molar-refractivity contribution in [1.29, 1.82) is 5.41 Å². The van der Waals surface area contributed by atoms with E-state index in [-0.39, 0.29) is 18.2 Å². The third kappa shape index (κ3) is 4.24. The number of carbonyl (C=O) groups is 1. The maximum Gasteiger partial charge on any atom is 0.270 e. The SMILES string of the molecule is COc1cccc(CNC(=O)C(=N)c2cc(-c3ccnc(N)n3)ccc2N)c1. The van der Waals surface area contributed by atoms with Crippen LogP contribution in [-0.4, -0.2) is 28.7 Å². The Balaban J connectivity index is 1.77. The number of rotatable bonds is 6. The molecule has 2 aromatic carbocycles. The number of amides is 1. The summed E-state index contributed by atoms with van der Waals surface area (Å²) in [7, 11) is 1.58. The molecule has 0 aliphatic heterocycles. The number of aromatic nitrogens is 2. The van der Waals surface area contributed by atoms with Crippen molar-refractivity contribution < 1.29 is 9.53 Å². The quantitative estimate of drug-likeness (QED) is 0.383. The van der Waals surface area contributed by atoms with Crippen molar-refractivity contribution in [3.63, 3.8) is 0 Å². The summed E-state index contributed by atoms with van der Waals surface area (Å²) in [6.07, 6.45) is 1.54. The summed E-state index contributed by atoms with van der Waals surface area (Å²) in [5.74, 6) is 0.304. The molecule has 142 valence electrons. The molecule has 0 unspecified atom stereocenters. The van der Waals surface area contributed by atoms with Gasteiger partial charge in [-0.1, -0.05) is 18.2 Å². The van der Waals surface area contributed by atoms with Gasteiger partial charge in [-0.3, -0.25) is 10.2 Å². The Morgan fingerprint density at radius 1 is 1.18 bits per heavy atom. The van der Waals surface area contributed by atoms with Crippen LogP contribution < -0.4 is 21.5 Å². The third-order valence-corrected chi connectivity index (χ3v) is 4.11. The lowest BCUT2D eigenvalue weighted by Gasteiger charge is -2.11. The number of nitrogens with zero attached hydrogens (tertiary/aromatic N) is 2. The van der Waals surface area contributed by atoms with E-state index in [2.05, 4.69) is 15.3 Å². The maximum atomic E-state index is 12.5. The van der Waals surface area contributed by atoms with E-state index in [1.165, 1.54) is 0 Å². The van der Waals surface area contributed by atoms with Crippen LogP contribution in [0.15, 0.2) is 54.7 Å². The van der Waals surface area contributed by atoms with Crippen LogP contribution in [0.3, 0.4) is 0 Å². The predicted molar refractivity (Wildman–Crippen MR) is 108 cm³/mol. The van der Waals surface area contributed by atoms with E-state index in [1.54, 1.807) is 37.6 Å². The first kappa shape index (κ1) is 18.8. The molecule has 0 atom stereocenters. The van der Waals surface area contributed by atoms with Crippen LogP contribution in [0, 0.1) is 5.41 Å². The molecule has 1 heterocycles. The Bertz CT molecular complexity index is 1030. The van der Waals surface area contributed by atoms with Crippen molar-refractivity contribution in [2.45, 2.75) is 6.54 Å². The van der Waals surface area contributed by atoms with Crippen molar-refractivity contribution in [3.05, 3.63) is 65.9 Å². The normalized spacial score (nSPS) is 10.3. The lowest BCUT2D eigenvalue weighted by Crippen LogP contribution is -2.31. The summed E-state index contributed by atoms with van der Waals surface area (Å²) in [5.41, 5.74) is 14.1. The number of ether oxygens (including phenoxy) is 1. The highest BCUT2D eigenvalue weighted by Gasteiger charge is 2.16. The zero-order valence-electron chi connectivity index (χ0n) is 15.3. The fraction of sp³-hybridized carbons (Fsp3) is 0.100. The molecule has 8 nitrogen and oxygen atoms in total. The van der Waals surface area contributed by atoms with Crippen LogP contribution in [0.1, 0.15) is 11.1 Å². The van der Waals surface area contributed by atoms with Crippen molar-refractivity contribution >= 4 is 23.3 Å². The fourth-order valence-corrected chi connectivity index (χ4v) is 2.64. The second-order valence-electron chi connectivity index (χ2n) is 6.01. The molecule has 0 aliphatic carbocycles. The molecule has 0 fully saturated rings. The first-order valence-corrected chi connectivity index (χ1v) is 8.46. The predicted octanol–water partition coefficient (Wildman–Crippen LogP) is 2.00. The van der Waals surface area contributed by atoms with Gasteiger partial charge in [0, 0.05) is 29.6 Å². The van der Waals surface area contributed by atoms with Gasteiger partial charge in [0.2, 0.25) is 5.95 Å². The van der Waals surface area contributed by atoms with Crippen LogP contribution >= 0.6 is 0 Å². The highest BCUT2D eigenvalue weighted by atomic mass is 16.5. The van der Waals surface area contributed by atoms with Gasteiger partial charge in [0.1, 0.15) is 11.5 Å². The second-order valence-corrected chi connectivity index (χ2v) is 6.01. The summed E-state index contributed by atoms with van der Waals surface area (Å²) < 4.78 is 5.17. The van der Waals surface area contributed by atoms with Crippen LogP contribution in [0.5, 0.6) is 5.75 Å². The zero-order chi connectivity index (χ0) is 20.1. The smallest absolute Gasteiger partial charge is 0.270 e. The zero-order valence-corrected chi connectivity index (χ0v) is 15.3. The number of hydrogen-bond acceptors (Lipinski definition) is 7. The summed E-state index contributed by atoms with van der Waals surface area (Å²) in [4.78, 5) is 20.5. The van der Waals surface area contributed by atoms with Crippen molar-refractivity contribution in [3.8, 4) is 17.0 Å². The summed E-state index contributed by atoms with van der Waals surface area (Å²) in [5, 5.41) is 11.0. The average Bonchev–Trinajstić information content (AvgIpc) is 2.72. The van der Waals surface area contributed by atoms with Gasteiger partial charge in [0.25, 0.3) is 5.91 Å². The van der Waals surface area contributed by atoms with Crippen molar-refractivity contribution in [2.24, 2.45) is 0 Å². The summed E-state index contributed by atoms with van der Waals surface area (Å²) in [6.45, 7) is 0.264. The molecule has 1 amide bonds. The van der Waals surface area contributed by atoms with E-state index >= 15 is 0 Å². The summed E-state index contributed by atoms with van der Waals surface area (Å²) in [6, 6.07) is 14.1. The van der Waals surface area contributed by atoms with Crippen LogP contribution in [0.25, 0.3) is 11.3 Å². The molecule has 0 saturated carbocycles. The Kier molecular flexibility index (Phi) is 5.50. The molecule has 0 aliphatic rings. The Hall–Kier alpha value is -3.94. The average molecular weight is 376 g/mol. The fourth-order valence-electron chi connectivity index (χ4n) is 2.64. The molecule has 0 radical (unpaired) electrons. The van der Waals surface area contributed by atoms with Gasteiger partial charge in [-0.05, 0) is 35.9 Å². The Labute approximate surface area is 162 Å². The van der Waals surface area contributed by atoms with Crippen LogP contribution in [0.4, 0.5) is 11.6 Å². The van der Waals surface area contributed by atoms with E-state index < -0.39 is 5.91 Å². The number of carbonyl (C=O) groups excluding carboxylic acids is 1. The highest BCUT2D eigenvalue weighted by molar-refractivity contribution is 6.45. The first-order chi connectivity index (χ1) is 13.5. The van der Waals surface area contributed by atoms with Gasteiger partial charge in [-0.2, -0.15) is 0 Å². The molecule has 0 bridgehead atoms. The molecule has 8 heteroatoms. The molecule has 3 aromatic rings. The topological polar surface area (TPSA) is 140 Å². The van der Waals surface area contributed by atoms with Gasteiger partial charge in [0.05, 0.1) is 12.8 Å². The number of methoxy groups -OCH3 is 1. The Morgan fingerprint density at radius 2 is 2.00 bits per heavy atom. The minimum atomic E-state index is -0.533. The van der Waals surface area contributed by atoms with E-state index in [1.807, 2.05) is 24.3 Å². The number of anilines is 2. The highest BCUT2D eigenvalue weighted by Crippen LogP contribution is 2.23. The summed E-state index contributed by atoms with van der Waals surface area (Å²) >= 11 is 0. The molecule has 0 saturated heterocycles. The van der Waals surface area contributed by atoms with E-state index in [0.29, 0.717) is 28.3 Å². The standard InChI is InChI=1S/C20H20N6O2/c1-28-14-4-2-3-12(9-14)11-25-19(27)18(22)15-10-13(5-6-16(15)21)17-7-8-24-20(23)26-17/h2-10,22H,11,21H2,1H3,(H,25,27)(H2,23,24,26). The first-order valence-electron chi connectivity index (χ1n) is 8.46. The van der Waals surface area contributed by atoms with Gasteiger partial charge < -0.3 is 21.5 Å². The molecule has 3 rings (SSSR count). The van der Waals surface area contributed by atoms with Crippen LogP contribution in [0.2, 0.25) is 0 Å². The largest absolute Gasteiger partial charge is 0.497 e. The van der Waals surface area contributed by atoms with Crippen molar-refractivity contribution in [2.75, 3.05) is 18.6 Å². The molecule has 28 heavy (non-hydrogen) atoms. The number of nitrogen functional groups attached to an aromatic ring is 2. The monoisotopic (exact) mass is 376 g/mol. The van der Waals surface area contributed by atoms with E-state index in [0.717, 1.165) is 5.56 Å². The number of hydrogen-bond donors (Lipinski definition) is 4. The molecule has 0 spiro atoms. The minimum absolute atomic E-state index is 0.141. The lowest BCUT2D eigenvalue weighted by atomic mass is 10.0. The maximum absolute atomic E-state index is 12.5. The molecule has 6 N–H and O–H groups in total. The molecular formula is C20H20N6O2. The number of nitrogens with one attached hydrogen (secondary N) is 2. The number of benzene rings is 2. The van der Waals surface area contributed by atoms with E-state index in [9.17, 15) is 4.79 Å². The third-order valence-electron chi connectivity index (χ3n) is 4.11. The van der Waals surface area contributed by atoms with Gasteiger partial charge in [-0.25, -0.2) is 9.97 Å². The molecule has 1 aromatic heterocycles. The number of nitrogens with two attached hydrogens (primary N) is 2. The lowest BCUT2D eigenvalue weighted by molar-refractivity contribution is -0.114. The second kappa shape index (κ2) is 8.17. The minimum Gasteiger partial charge on any atom is -0.497 e. The van der Waals surface area contributed by atoms with Gasteiger partial charge in [-0.15, -0.1) is 0 Å². The van der Waals surface area contributed by atoms with Gasteiger partial charge in [0.15, 0.2) is 0 Å². The van der Waals surface area contributed by atoms with Crippen molar-refractivity contribution in [1.82, 2.24) is 15.3 Å². The van der Waals surface area contributed by atoms with E-state index in [4.69, 9.17) is 21.6 Å². The van der Waals surface area contributed by atoms with Gasteiger partial charge >= 0.3 is 0 Å². The molecular weight excluding hydrogens is 356 g/mol.